The van der Waals surface area contributed by atoms with Crippen molar-refractivity contribution < 1.29 is 28.4 Å². The van der Waals surface area contributed by atoms with Gasteiger partial charge in [-0.05, 0) is 58.9 Å². The van der Waals surface area contributed by atoms with E-state index in [2.05, 4.69) is 27.4 Å². The molecule has 3 heterocycles. The maximum absolute atomic E-state index is 14.0. The molecule has 2 atom stereocenters. The van der Waals surface area contributed by atoms with Crippen molar-refractivity contribution in [1.82, 2.24) is 20.2 Å². The van der Waals surface area contributed by atoms with E-state index < -0.39 is 42.0 Å². The summed E-state index contributed by atoms with van der Waals surface area (Å²) < 4.78 is 18.0. The Balaban J connectivity index is 1.56. The highest BCUT2D eigenvalue weighted by atomic mass is 16.7. The second-order valence-electron chi connectivity index (χ2n) is 11.9. The zero-order valence-electron chi connectivity index (χ0n) is 25.0. The second kappa shape index (κ2) is 13.8. The molecule has 0 aliphatic carbocycles. The summed E-state index contributed by atoms with van der Waals surface area (Å²) in [5.41, 5.74) is 5.68. The SMILES string of the molecule is CC1(C)OB([C@H](CCCc2ccccc2)NC(=O)[C@H](CCC(=O)N2CCOCC2)c2nccnc2C(N)=O)OC1(C)C. The third kappa shape index (κ3) is 7.73. The normalized spacial score (nSPS) is 19.2. The maximum atomic E-state index is 14.0. The summed E-state index contributed by atoms with van der Waals surface area (Å²) in [6, 6.07) is 10.1. The lowest BCUT2D eigenvalue weighted by molar-refractivity contribution is -0.135. The number of morpholine rings is 1. The lowest BCUT2D eigenvalue weighted by Gasteiger charge is -2.32. The molecule has 0 spiro atoms. The fourth-order valence-electron chi connectivity index (χ4n) is 5.21. The molecule has 226 valence electrons. The molecule has 2 fully saturated rings. The van der Waals surface area contributed by atoms with Crippen LogP contribution in [-0.4, -0.2) is 83.2 Å². The van der Waals surface area contributed by atoms with E-state index in [4.69, 9.17) is 19.8 Å². The van der Waals surface area contributed by atoms with Crippen LogP contribution in [0.1, 0.15) is 81.0 Å². The van der Waals surface area contributed by atoms with Gasteiger partial charge in [0.1, 0.15) is 5.69 Å². The average molecular weight is 580 g/mol. The average Bonchev–Trinajstić information content (AvgIpc) is 3.19. The highest BCUT2D eigenvalue weighted by Crippen LogP contribution is 2.38. The zero-order valence-corrected chi connectivity index (χ0v) is 25.0. The van der Waals surface area contributed by atoms with Crippen LogP contribution in [0.4, 0.5) is 0 Å². The Bertz CT molecular complexity index is 1220. The monoisotopic (exact) mass is 579 g/mol. The third-order valence-corrected chi connectivity index (χ3v) is 8.37. The first-order valence-corrected chi connectivity index (χ1v) is 14.6. The molecule has 2 aromatic rings. The molecule has 1 aromatic carbocycles. The Morgan fingerprint density at radius 1 is 1.00 bits per heavy atom. The lowest BCUT2D eigenvalue weighted by Crippen LogP contribution is -2.50. The largest absolute Gasteiger partial charge is 0.481 e. The van der Waals surface area contributed by atoms with Gasteiger partial charge < -0.3 is 30.0 Å². The van der Waals surface area contributed by atoms with Gasteiger partial charge in [0.25, 0.3) is 5.91 Å². The number of aryl methyl sites for hydroxylation is 1. The van der Waals surface area contributed by atoms with Crippen molar-refractivity contribution >= 4 is 24.8 Å². The molecule has 2 saturated heterocycles. The Hall–Kier alpha value is -3.35. The number of rotatable bonds is 12. The summed E-state index contributed by atoms with van der Waals surface area (Å²) in [4.78, 5) is 49.4. The van der Waals surface area contributed by atoms with E-state index in [9.17, 15) is 14.4 Å². The fraction of sp³-hybridized carbons (Fsp3) is 0.567. The van der Waals surface area contributed by atoms with Crippen LogP contribution in [0.2, 0.25) is 0 Å². The summed E-state index contributed by atoms with van der Waals surface area (Å²) in [7, 11) is -0.692. The van der Waals surface area contributed by atoms with Crippen LogP contribution in [0, 0.1) is 0 Å². The first-order chi connectivity index (χ1) is 20.0. The Morgan fingerprint density at radius 3 is 2.29 bits per heavy atom. The molecule has 0 radical (unpaired) electrons. The summed E-state index contributed by atoms with van der Waals surface area (Å²) >= 11 is 0. The number of carbonyl (C=O) groups is 3. The highest BCUT2D eigenvalue weighted by Gasteiger charge is 2.54. The molecule has 0 bridgehead atoms. The van der Waals surface area contributed by atoms with Crippen molar-refractivity contribution in [2.75, 3.05) is 26.3 Å². The van der Waals surface area contributed by atoms with Crippen LogP contribution in [-0.2, 0) is 30.1 Å². The summed E-state index contributed by atoms with van der Waals surface area (Å²) in [6.45, 7) is 9.82. The van der Waals surface area contributed by atoms with Crippen LogP contribution in [0.25, 0.3) is 0 Å². The van der Waals surface area contributed by atoms with E-state index in [-0.39, 0.29) is 30.1 Å². The minimum atomic E-state index is -0.940. The molecule has 3 amide bonds. The van der Waals surface area contributed by atoms with Gasteiger partial charge in [0.2, 0.25) is 11.8 Å². The maximum Gasteiger partial charge on any atom is 0.481 e. The number of nitrogens with two attached hydrogens (primary N) is 1. The van der Waals surface area contributed by atoms with Gasteiger partial charge in [0.15, 0.2) is 0 Å². The van der Waals surface area contributed by atoms with Gasteiger partial charge in [-0.3, -0.25) is 19.4 Å². The van der Waals surface area contributed by atoms with E-state index in [0.29, 0.717) is 32.7 Å². The molecule has 12 heteroatoms. The Morgan fingerprint density at radius 2 is 1.64 bits per heavy atom. The number of carbonyl (C=O) groups excluding carboxylic acids is 3. The topological polar surface area (TPSA) is 146 Å². The molecule has 3 N–H and O–H groups in total. The second-order valence-corrected chi connectivity index (χ2v) is 11.9. The molecule has 2 aliphatic rings. The van der Waals surface area contributed by atoms with E-state index >= 15 is 0 Å². The quantitative estimate of drug-likeness (QED) is 0.365. The third-order valence-electron chi connectivity index (χ3n) is 8.37. The number of nitrogens with zero attached hydrogens (tertiary/aromatic N) is 3. The van der Waals surface area contributed by atoms with Crippen LogP contribution in [0.5, 0.6) is 0 Å². The minimum Gasteiger partial charge on any atom is -0.402 e. The summed E-state index contributed by atoms with van der Waals surface area (Å²) in [6.07, 6.45) is 5.16. The van der Waals surface area contributed by atoms with Crippen LogP contribution in [0.15, 0.2) is 42.7 Å². The molecular formula is C30H42BN5O6. The van der Waals surface area contributed by atoms with Crippen molar-refractivity contribution in [3.63, 3.8) is 0 Å². The van der Waals surface area contributed by atoms with Crippen molar-refractivity contribution in [3.8, 4) is 0 Å². The van der Waals surface area contributed by atoms with Gasteiger partial charge >= 0.3 is 7.12 Å². The number of ether oxygens (including phenoxy) is 1. The Labute approximate surface area is 248 Å². The van der Waals surface area contributed by atoms with Crippen LogP contribution < -0.4 is 11.1 Å². The molecule has 1 aromatic heterocycles. The standard InChI is InChI=1S/C30H42BN5O6/c1-29(2)30(3,4)42-31(41-29)23(12-8-11-21-9-6-5-7-10-21)35-28(39)22(25-26(27(32)38)34-16-15-33-25)13-14-24(37)36-17-19-40-20-18-36/h5-7,9-10,15-16,22-23H,8,11-14,17-20H2,1-4H3,(H2,32,38)(H,35,39)/t22-,23+/m1/s1. The molecule has 11 nitrogen and oxygen atoms in total. The predicted octanol–water partition coefficient (Wildman–Crippen LogP) is 2.44. The number of aromatic nitrogens is 2. The number of benzene rings is 1. The molecule has 0 unspecified atom stereocenters. The molecule has 42 heavy (non-hydrogen) atoms. The van der Waals surface area contributed by atoms with Crippen molar-refractivity contribution in [1.29, 1.82) is 0 Å². The zero-order chi connectivity index (χ0) is 30.3. The summed E-state index contributed by atoms with van der Waals surface area (Å²) in [5, 5.41) is 3.14. The van der Waals surface area contributed by atoms with Crippen molar-refractivity contribution in [2.24, 2.45) is 5.73 Å². The van der Waals surface area contributed by atoms with E-state index in [1.54, 1.807) is 4.90 Å². The van der Waals surface area contributed by atoms with E-state index in [1.807, 2.05) is 45.9 Å². The van der Waals surface area contributed by atoms with Crippen LogP contribution in [0.3, 0.4) is 0 Å². The minimum absolute atomic E-state index is 0.0853. The molecular weight excluding hydrogens is 537 g/mol. The Kier molecular flexibility index (Phi) is 10.3. The van der Waals surface area contributed by atoms with Crippen LogP contribution >= 0.6 is 0 Å². The molecule has 0 saturated carbocycles. The fourth-order valence-corrected chi connectivity index (χ4v) is 5.21. The first-order valence-electron chi connectivity index (χ1n) is 14.6. The number of hydrogen-bond acceptors (Lipinski definition) is 8. The number of hydrogen-bond donors (Lipinski definition) is 2. The van der Waals surface area contributed by atoms with Crippen molar-refractivity contribution in [3.05, 3.63) is 59.7 Å². The number of amides is 3. The van der Waals surface area contributed by atoms with Gasteiger partial charge in [-0.1, -0.05) is 30.3 Å². The van der Waals surface area contributed by atoms with Gasteiger partial charge in [0, 0.05) is 31.9 Å². The highest BCUT2D eigenvalue weighted by molar-refractivity contribution is 6.48. The van der Waals surface area contributed by atoms with E-state index in [0.717, 1.165) is 12.8 Å². The van der Waals surface area contributed by atoms with Gasteiger partial charge in [0.05, 0.1) is 42.0 Å². The summed E-state index contributed by atoms with van der Waals surface area (Å²) in [5.74, 6) is -2.71. The van der Waals surface area contributed by atoms with Crippen molar-refractivity contribution in [2.45, 2.75) is 82.9 Å². The first kappa shape index (κ1) is 31.6. The van der Waals surface area contributed by atoms with E-state index in [1.165, 1.54) is 18.0 Å². The smallest absolute Gasteiger partial charge is 0.402 e. The van der Waals surface area contributed by atoms with Gasteiger partial charge in [-0.25, -0.2) is 4.98 Å². The lowest BCUT2D eigenvalue weighted by atomic mass is 9.74. The number of primary amides is 1. The molecule has 4 rings (SSSR count). The molecule has 2 aliphatic heterocycles. The number of nitrogens with one attached hydrogen (secondary N) is 1. The van der Waals surface area contributed by atoms with Gasteiger partial charge in [-0.15, -0.1) is 0 Å². The predicted molar refractivity (Wildman–Crippen MR) is 157 cm³/mol. The van der Waals surface area contributed by atoms with Gasteiger partial charge in [-0.2, -0.15) is 0 Å².